The number of nitrogens with one attached hydrogen (secondary N) is 1. The van der Waals surface area contributed by atoms with Crippen molar-refractivity contribution >= 4 is 34.8 Å². The fourth-order valence-corrected chi connectivity index (χ4v) is 3.05. The first-order valence-electron chi connectivity index (χ1n) is 6.09. The lowest BCUT2D eigenvalue weighted by molar-refractivity contribution is 0.177. The number of hydrogen-bond acceptors (Lipinski definition) is 2. The van der Waals surface area contributed by atoms with Crippen LogP contribution in [0.25, 0.3) is 0 Å². The van der Waals surface area contributed by atoms with Crippen LogP contribution in [0.2, 0.25) is 15.1 Å². The number of aliphatic hydroxyl groups is 1. The van der Waals surface area contributed by atoms with Gasteiger partial charge in [-0.1, -0.05) is 34.8 Å². The van der Waals surface area contributed by atoms with Crippen LogP contribution in [-0.2, 0) is 6.54 Å². The third kappa shape index (κ3) is 3.52. The molecule has 1 saturated carbocycles. The van der Waals surface area contributed by atoms with Crippen molar-refractivity contribution in [3.05, 3.63) is 32.8 Å². The van der Waals surface area contributed by atoms with Crippen molar-refractivity contribution in [2.45, 2.75) is 31.9 Å². The third-order valence-electron chi connectivity index (χ3n) is 3.39. The Morgan fingerprint density at radius 1 is 1.17 bits per heavy atom. The van der Waals surface area contributed by atoms with Crippen molar-refractivity contribution in [2.75, 3.05) is 6.54 Å². The zero-order chi connectivity index (χ0) is 13.1. The van der Waals surface area contributed by atoms with Gasteiger partial charge in [-0.3, -0.25) is 0 Å². The summed E-state index contributed by atoms with van der Waals surface area (Å²) in [7, 11) is 0. The highest BCUT2D eigenvalue weighted by Gasteiger charge is 2.22. The van der Waals surface area contributed by atoms with Crippen LogP contribution >= 0.6 is 34.8 Å². The minimum Gasteiger partial charge on any atom is -0.393 e. The molecule has 0 amide bonds. The van der Waals surface area contributed by atoms with Crippen LogP contribution in [-0.4, -0.2) is 17.8 Å². The molecule has 18 heavy (non-hydrogen) atoms. The molecule has 2 unspecified atom stereocenters. The van der Waals surface area contributed by atoms with E-state index in [-0.39, 0.29) is 6.10 Å². The van der Waals surface area contributed by atoms with Crippen molar-refractivity contribution < 1.29 is 5.11 Å². The van der Waals surface area contributed by atoms with Gasteiger partial charge in [0, 0.05) is 17.1 Å². The third-order valence-corrected chi connectivity index (χ3v) is 4.58. The van der Waals surface area contributed by atoms with Crippen molar-refractivity contribution in [2.24, 2.45) is 5.92 Å². The van der Waals surface area contributed by atoms with Gasteiger partial charge in [-0.2, -0.15) is 0 Å². The van der Waals surface area contributed by atoms with Crippen LogP contribution < -0.4 is 5.32 Å². The molecule has 0 aliphatic heterocycles. The van der Waals surface area contributed by atoms with Crippen molar-refractivity contribution in [3.8, 4) is 0 Å². The molecular weight excluding hydrogens is 293 g/mol. The van der Waals surface area contributed by atoms with Gasteiger partial charge in [0.25, 0.3) is 0 Å². The highest BCUT2D eigenvalue weighted by molar-refractivity contribution is 6.44. The van der Waals surface area contributed by atoms with Gasteiger partial charge < -0.3 is 10.4 Å². The van der Waals surface area contributed by atoms with Gasteiger partial charge in [0.15, 0.2) is 0 Å². The average Bonchev–Trinajstić information content (AvgIpc) is 2.74. The van der Waals surface area contributed by atoms with Gasteiger partial charge in [0.05, 0.1) is 16.1 Å². The van der Waals surface area contributed by atoms with Gasteiger partial charge in [-0.05, 0) is 43.9 Å². The Balaban J connectivity index is 1.88. The molecule has 0 bridgehead atoms. The molecule has 1 aliphatic carbocycles. The van der Waals surface area contributed by atoms with E-state index in [2.05, 4.69) is 5.32 Å². The van der Waals surface area contributed by atoms with Crippen LogP contribution in [0.15, 0.2) is 12.1 Å². The second-order valence-electron chi connectivity index (χ2n) is 4.79. The second-order valence-corrected chi connectivity index (χ2v) is 5.98. The van der Waals surface area contributed by atoms with Crippen LogP contribution in [0.5, 0.6) is 0 Å². The minimum atomic E-state index is -0.129. The van der Waals surface area contributed by atoms with Crippen molar-refractivity contribution in [3.63, 3.8) is 0 Å². The van der Waals surface area contributed by atoms with E-state index in [9.17, 15) is 5.11 Å². The Kier molecular flexibility index (Phi) is 5.16. The summed E-state index contributed by atoms with van der Waals surface area (Å²) in [5.41, 5.74) is 0.837. The van der Waals surface area contributed by atoms with E-state index < -0.39 is 0 Å². The zero-order valence-corrected chi connectivity index (χ0v) is 12.2. The van der Waals surface area contributed by atoms with Gasteiger partial charge in [0.1, 0.15) is 0 Å². The van der Waals surface area contributed by atoms with E-state index in [0.717, 1.165) is 31.4 Å². The molecule has 0 heterocycles. The Morgan fingerprint density at radius 3 is 2.56 bits per heavy atom. The maximum absolute atomic E-state index is 9.45. The largest absolute Gasteiger partial charge is 0.393 e. The standard InChI is InChI=1S/C13H16Cl3NO/c14-11-3-4-12(15)13(16)10(11)7-17-6-8-1-2-9(18)5-8/h3-4,8-9,17-18H,1-2,5-7H2. The van der Waals surface area contributed by atoms with Crippen LogP contribution in [0.1, 0.15) is 24.8 Å². The maximum Gasteiger partial charge on any atom is 0.0652 e. The molecule has 1 aromatic rings. The quantitative estimate of drug-likeness (QED) is 0.827. The Hall–Kier alpha value is 0.01000. The Bertz CT molecular complexity index is 425. The summed E-state index contributed by atoms with van der Waals surface area (Å²) in [4.78, 5) is 0. The normalized spacial score (nSPS) is 23.6. The van der Waals surface area contributed by atoms with Gasteiger partial charge in [0.2, 0.25) is 0 Å². The summed E-state index contributed by atoms with van der Waals surface area (Å²) >= 11 is 18.2. The first kappa shape index (κ1) is 14.4. The highest BCUT2D eigenvalue weighted by Crippen LogP contribution is 2.31. The molecule has 0 aromatic heterocycles. The smallest absolute Gasteiger partial charge is 0.0652 e. The molecule has 1 fully saturated rings. The Morgan fingerprint density at radius 2 is 1.89 bits per heavy atom. The predicted octanol–water partition coefficient (Wildman–Crippen LogP) is 3.90. The summed E-state index contributed by atoms with van der Waals surface area (Å²) in [6.45, 7) is 1.47. The topological polar surface area (TPSA) is 32.3 Å². The fraction of sp³-hybridized carbons (Fsp3) is 0.538. The monoisotopic (exact) mass is 307 g/mol. The predicted molar refractivity (Wildman–Crippen MR) is 76.5 cm³/mol. The molecule has 100 valence electrons. The molecule has 0 saturated heterocycles. The first-order valence-corrected chi connectivity index (χ1v) is 7.22. The SMILES string of the molecule is OC1CCC(CNCc2c(Cl)ccc(Cl)c2Cl)C1. The van der Waals surface area contributed by atoms with E-state index in [1.165, 1.54) is 0 Å². The van der Waals surface area contributed by atoms with E-state index in [0.29, 0.717) is 27.5 Å². The summed E-state index contributed by atoms with van der Waals surface area (Å²) in [5, 5.41) is 14.5. The molecule has 5 heteroatoms. The molecule has 2 nitrogen and oxygen atoms in total. The summed E-state index contributed by atoms with van der Waals surface area (Å²) < 4.78 is 0. The number of hydrogen-bond donors (Lipinski definition) is 2. The van der Waals surface area contributed by atoms with Gasteiger partial charge in [-0.25, -0.2) is 0 Å². The van der Waals surface area contributed by atoms with E-state index in [4.69, 9.17) is 34.8 Å². The fourth-order valence-electron chi connectivity index (χ4n) is 2.37. The Labute approximate surface area is 122 Å². The number of aliphatic hydroxyl groups excluding tert-OH is 1. The lowest BCUT2D eigenvalue weighted by Gasteiger charge is -2.13. The molecule has 1 aromatic carbocycles. The van der Waals surface area contributed by atoms with Gasteiger partial charge >= 0.3 is 0 Å². The summed E-state index contributed by atoms with van der Waals surface area (Å²) in [6.07, 6.45) is 2.73. The lowest BCUT2D eigenvalue weighted by Crippen LogP contribution is -2.21. The summed E-state index contributed by atoms with van der Waals surface area (Å²) in [5.74, 6) is 0.539. The number of rotatable bonds is 4. The number of benzene rings is 1. The minimum absolute atomic E-state index is 0.129. The molecule has 2 rings (SSSR count). The van der Waals surface area contributed by atoms with Crippen LogP contribution in [0.3, 0.4) is 0 Å². The summed E-state index contributed by atoms with van der Waals surface area (Å²) in [6, 6.07) is 3.45. The molecule has 2 atom stereocenters. The lowest BCUT2D eigenvalue weighted by atomic mass is 10.1. The van der Waals surface area contributed by atoms with Crippen LogP contribution in [0.4, 0.5) is 0 Å². The molecular formula is C13H16Cl3NO. The van der Waals surface area contributed by atoms with E-state index in [1.54, 1.807) is 12.1 Å². The van der Waals surface area contributed by atoms with E-state index >= 15 is 0 Å². The van der Waals surface area contributed by atoms with Crippen molar-refractivity contribution in [1.29, 1.82) is 0 Å². The first-order chi connectivity index (χ1) is 8.58. The molecule has 1 aliphatic rings. The number of halogens is 3. The van der Waals surface area contributed by atoms with E-state index in [1.807, 2.05) is 0 Å². The maximum atomic E-state index is 9.45. The van der Waals surface area contributed by atoms with Crippen molar-refractivity contribution in [1.82, 2.24) is 5.32 Å². The molecule has 0 spiro atoms. The highest BCUT2D eigenvalue weighted by atomic mass is 35.5. The molecule has 2 N–H and O–H groups in total. The van der Waals surface area contributed by atoms with Crippen LogP contribution in [0, 0.1) is 5.92 Å². The average molecular weight is 309 g/mol. The second kappa shape index (κ2) is 6.44. The zero-order valence-electron chi connectivity index (χ0n) is 9.93. The van der Waals surface area contributed by atoms with Gasteiger partial charge in [-0.15, -0.1) is 0 Å². The molecule has 0 radical (unpaired) electrons.